The van der Waals surface area contributed by atoms with Gasteiger partial charge in [0.2, 0.25) is 0 Å². The molecule has 0 saturated heterocycles. The molecule has 0 aliphatic carbocycles. The molecule has 0 amide bonds. The molecule has 1 aromatic rings. The van der Waals surface area contributed by atoms with Gasteiger partial charge in [-0.3, -0.25) is 0 Å². The first-order valence-electron chi connectivity index (χ1n) is 5.68. The van der Waals surface area contributed by atoms with E-state index in [9.17, 15) is 18.3 Å². The van der Waals surface area contributed by atoms with Crippen LogP contribution in [0.5, 0.6) is 0 Å². The van der Waals surface area contributed by atoms with E-state index in [2.05, 4.69) is 5.32 Å². The summed E-state index contributed by atoms with van der Waals surface area (Å²) in [7, 11) is 1.52. The quantitative estimate of drug-likeness (QED) is 0.560. The highest BCUT2D eigenvalue weighted by Crippen LogP contribution is 2.19. The van der Waals surface area contributed by atoms with Gasteiger partial charge in [0.15, 0.2) is 17.5 Å². The Morgan fingerprint density at radius 1 is 1.21 bits per heavy atom. The molecule has 2 N–H and O–H groups in total. The number of nitrogens with one attached hydrogen (secondary N) is 1. The van der Waals surface area contributed by atoms with E-state index in [-0.39, 0.29) is 18.8 Å². The van der Waals surface area contributed by atoms with Crippen LogP contribution in [-0.4, -0.2) is 44.7 Å². The summed E-state index contributed by atoms with van der Waals surface area (Å²) < 4.78 is 48.6. The van der Waals surface area contributed by atoms with Crippen molar-refractivity contribution < 1.29 is 27.8 Å². The third-order valence-corrected chi connectivity index (χ3v) is 2.31. The second-order valence-corrected chi connectivity index (χ2v) is 3.83. The van der Waals surface area contributed by atoms with Gasteiger partial charge in [-0.2, -0.15) is 0 Å². The molecule has 1 aromatic carbocycles. The highest BCUT2D eigenvalue weighted by Gasteiger charge is 2.14. The average Bonchev–Trinajstić information content (AvgIpc) is 2.40. The topological polar surface area (TPSA) is 50.7 Å². The summed E-state index contributed by atoms with van der Waals surface area (Å²) in [5, 5.41) is 12.0. The number of ether oxygens (including phenoxy) is 2. The highest BCUT2D eigenvalue weighted by atomic mass is 19.2. The van der Waals surface area contributed by atoms with Gasteiger partial charge >= 0.3 is 0 Å². The van der Waals surface area contributed by atoms with Gasteiger partial charge in [-0.25, -0.2) is 13.2 Å². The molecule has 19 heavy (non-hydrogen) atoms. The van der Waals surface area contributed by atoms with Crippen molar-refractivity contribution in [3.63, 3.8) is 0 Å². The molecule has 108 valence electrons. The number of aliphatic hydroxyl groups excluding tert-OH is 1. The van der Waals surface area contributed by atoms with Crippen molar-refractivity contribution in [2.75, 3.05) is 38.8 Å². The second kappa shape index (κ2) is 7.98. The summed E-state index contributed by atoms with van der Waals surface area (Å²) in [5.74, 6) is -4.12. The minimum atomic E-state index is -1.55. The van der Waals surface area contributed by atoms with Gasteiger partial charge in [0.1, 0.15) is 0 Å². The first-order chi connectivity index (χ1) is 9.06. The third-order valence-electron chi connectivity index (χ3n) is 2.31. The van der Waals surface area contributed by atoms with Crippen LogP contribution in [0.15, 0.2) is 12.1 Å². The summed E-state index contributed by atoms with van der Waals surface area (Å²) in [6, 6.07) is 1.87. The molecule has 0 aliphatic heterocycles. The van der Waals surface area contributed by atoms with Gasteiger partial charge in [0.05, 0.1) is 31.6 Å². The number of rotatable bonds is 8. The first kappa shape index (κ1) is 15.7. The smallest absolute Gasteiger partial charge is 0.196 e. The summed E-state index contributed by atoms with van der Waals surface area (Å²) in [6.45, 7) is 0.710. The lowest BCUT2D eigenvalue weighted by Gasteiger charge is -2.13. The highest BCUT2D eigenvalue weighted by molar-refractivity contribution is 5.45. The van der Waals surface area contributed by atoms with E-state index in [4.69, 9.17) is 9.47 Å². The Balaban J connectivity index is 2.38. The average molecular weight is 279 g/mol. The van der Waals surface area contributed by atoms with Crippen LogP contribution in [0.25, 0.3) is 0 Å². The van der Waals surface area contributed by atoms with Gasteiger partial charge in [-0.15, -0.1) is 0 Å². The number of aliphatic hydroxyl groups is 1. The van der Waals surface area contributed by atoms with E-state index in [1.165, 1.54) is 7.11 Å². The summed E-state index contributed by atoms with van der Waals surface area (Å²) in [6.07, 6.45) is -0.899. The van der Waals surface area contributed by atoms with Crippen LogP contribution in [0, 0.1) is 17.5 Å². The molecule has 4 nitrogen and oxygen atoms in total. The largest absolute Gasteiger partial charge is 0.389 e. The zero-order chi connectivity index (χ0) is 14.3. The monoisotopic (exact) mass is 279 g/mol. The number of hydrogen-bond acceptors (Lipinski definition) is 4. The Kier molecular flexibility index (Phi) is 6.61. The molecule has 0 fully saturated rings. The first-order valence-corrected chi connectivity index (χ1v) is 5.68. The maximum absolute atomic E-state index is 13.3. The summed E-state index contributed by atoms with van der Waals surface area (Å²) in [5.41, 5.74) is -0.213. The number of methoxy groups -OCH3 is 1. The molecular weight excluding hydrogens is 263 g/mol. The molecule has 0 aliphatic rings. The van der Waals surface area contributed by atoms with Crippen LogP contribution in [0.1, 0.15) is 0 Å². The van der Waals surface area contributed by atoms with Crippen LogP contribution in [0.4, 0.5) is 18.9 Å². The van der Waals surface area contributed by atoms with E-state index >= 15 is 0 Å². The lowest BCUT2D eigenvalue weighted by atomic mass is 10.2. The summed E-state index contributed by atoms with van der Waals surface area (Å²) in [4.78, 5) is 0. The molecule has 0 heterocycles. The molecule has 0 saturated carbocycles. The fourth-order valence-corrected chi connectivity index (χ4v) is 1.31. The second-order valence-electron chi connectivity index (χ2n) is 3.83. The third kappa shape index (κ3) is 5.06. The molecule has 1 atom stereocenters. The molecule has 0 spiro atoms. The molecule has 1 rings (SSSR count). The Hall–Kier alpha value is -1.31. The van der Waals surface area contributed by atoms with Crippen LogP contribution in [0.3, 0.4) is 0 Å². The molecule has 0 bridgehead atoms. The predicted molar refractivity (Wildman–Crippen MR) is 63.5 cm³/mol. The summed E-state index contributed by atoms with van der Waals surface area (Å²) >= 11 is 0. The lowest BCUT2D eigenvalue weighted by Crippen LogP contribution is -2.26. The minimum Gasteiger partial charge on any atom is -0.389 e. The van der Waals surface area contributed by atoms with Crippen LogP contribution in [0.2, 0.25) is 0 Å². The van der Waals surface area contributed by atoms with E-state index < -0.39 is 23.6 Å². The fraction of sp³-hybridized carbons (Fsp3) is 0.500. The van der Waals surface area contributed by atoms with E-state index in [1.54, 1.807) is 0 Å². The van der Waals surface area contributed by atoms with E-state index in [0.29, 0.717) is 13.2 Å². The van der Waals surface area contributed by atoms with Crippen molar-refractivity contribution in [2.45, 2.75) is 6.10 Å². The molecule has 7 heteroatoms. The molecule has 1 unspecified atom stereocenters. The van der Waals surface area contributed by atoms with Gasteiger partial charge < -0.3 is 19.9 Å². The molecular formula is C12H16F3NO3. The Labute approximate surface area is 109 Å². The van der Waals surface area contributed by atoms with Crippen molar-refractivity contribution in [3.8, 4) is 0 Å². The van der Waals surface area contributed by atoms with Crippen molar-refractivity contribution in [1.29, 1.82) is 0 Å². The number of halogens is 3. The Morgan fingerprint density at radius 3 is 2.63 bits per heavy atom. The zero-order valence-electron chi connectivity index (χ0n) is 10.5. The Bertz CT molecular complexity index is 404. The van der Waals surface area contributed by atoms with Gasteiger partial charge in [0, 0.05) is 13.7 Å². The lowest BCUT2D eigenvalue weighted by molar-refractivity contribution is 0.0182. The van der Waals surface area contributed by atoms with Gasteiger partial charge in [-0.05, 0) is 12.1 Å². The van der Waals surface area contributed by atoms with Crippen molar-refractivity contribution in [3.05, 3.63) is 29.6 Å². The van der Waals surface area contributed by atoms with E-state index in [0.717, 1.165) is 12.1 Å². The van der Waals surface area contributed by atoms with Crippen LogP contribution >= 0.6 is 0 Å². The predicted octanol–water partition coefficient (Wildman–Crippen LogP) is 1.54. The van der Waals surface area contributed by atoms with Crippen molar-refractivity contribution >= 4 is 5.69 Å². The zero-order valence-corrected chi connectivity index (χ0v) is 10.5. The maximum Gasteiger partial charge on any atom is 0.196 e. The van der Waals surface area contributed by atoms with Gasteiger partial charge in [-0.1, -0.05) is 0 Å². The van der Waals surface area contributed by atoms with Crippen molar-refractivity contribution in [2.24, 2.45) is 0 Å². The molecule has 0 radical (unpaired) electrons. The SMILES string of the molecule is COCCOCC(O)CNc1ccc(F)c(F)c1F. The number of hydrogen-bond donors (Lipinski definition) is 2. The molecule has 0 aromatic heterocycles. The standard InChI is InChI=1S/C12H16F3NO3/c1-18-4-5-19-7-8(17)6-16-10-3-2-9(13)11(14)12(10)15/h2-3,8,16-17H,4-7H2,1H3. The maximum atomic E-state index is 13.3. The number of benzene rings is 1. The Morgan fingerprint density at radius 2 is 1.95 bits per heavy atom. The van der Waals surface area contributed by atoms with Gasteiger partial charge in [0.25, 0.3) is 0 Å². The minimum absolute atomic E-state index is 0.0294. The van der Waals surface area contributed by atoms with E-state index in [1.807, 2.05) is 0 Å². The van der Waals surface area contributed by atoms with Crippen LogP contribution in [-0.2, 0) is 9.47 Å². The van der Waals surface area contributed by atoms with Crippen molar-refractivity contribution in [1.82, 2.24) is 0 Å². The normalized spacial score (nSPS) is 12.5. The van der Waals surface area contributed by atoms with Crippen LogP contribution < -0.4 is 5.32 Å². The number of anilines is 1. The fourth-order valence-electron chi connectivity index (χ4n) is 1.31.